The minimum atomic E-state index is -1.49. The molecular weight excluding hydrogens is 190 g/mol. The van der Waals surface area contributed by atoms with Gasteiger partial charge in [-0.05, 0) is 0 Å². The fourth-order valence-corrected chi connectivity index (χ4v) is 0.995. The van der Waals surface area contributed by atoms with E-state index < -0.39 is 23.9 Å². The van der Waals surface area contributed by atoms with Gasteiger partial charge in [0.05, 0.1) is 13.7 Å². The monoisotopic (exact) mass is 199 g/mol. The highest BCUT2D eigenvalue weighted by molar-refractivity contribution is 6.13. The first-order valence-corrected chi connectivity index (χ1v) is 3.85. The summed E-state index contributed by atoms with van der Waals surface area (Å²) in [5.74, 6) is -1.96. The van der Waals surface area contributed by atoms with Crippen LogP contribution in [0.3, 0.4) is 0 Å². The van der Waals surface area contributed by atoms with Crippen LogP contribution in [0.4, 0.5) is 0 Å². The molecule has 14 heavy (non-hydrogen) atoms. The fraction of sp³-hybridized carbons (Fsp3) is 0.375. The molecule has 1 heterocycles. The molecule has 0 aliphatic carbocycles. The van der Waals surface area contributed by atoms with Gasteiger partial charge < -0.3 is 9.84 Å². The number of amides is 2. The summed E-state index contributed by atoms with van der Waals surface area (Å²) in [7, 11) is 1.11. The Morgan fingerprint density at radius 1 is 1.50 bits per heavy atom. The predicted octanol–water partition coefficient (Wildman–Crippen LogP) is -1.55. The van der Waals surface area contributed by atoms with E-state index in [1.807, 2.05) is 0 Å². The second kappa shape index (κ2) is 4.01. The number of carbonyl (C=O) groups is 3. The van der Waals surface area contributed by atoms with Crippen LogP contribution in [-0.2, 0) is 19.1 Å². The molecule has 1 rings (SSSR count). The molecule has 2 amide bonds. The summed E-state index contributed by atoms with van der Waals surface area (Å²) >= 11 is 0. The number of methoxy groups -OCH3 is 1. The molecule has 0 aromatic rings. The van der Waals surface area contributed by atoms with Crippen LogP contribution in [0.1, 0.15) is 0 Å². The van der Waals surface area contributed by atoms with Crippen molar-refractivity contribution >= 4 is 17.8 Å². The molecule has 0 fully saturated rings. The molecule has 0 radical (unpaired) electrons. The first-order valence-electron chi connectivity index (χ1n) is 3.85. The highest BCUT2D eigenvalue weighted by atomic mass is 16.5. The van der Waals surface area contributed by atoms with E-state index in [9.17, 15) is 14.4 Å². The Morgan fingerprint density at radius 2 is 2.00 bits per heavy atom. The third-order valence-electron chi connectivity index (χ3n) is 1.73. The van der Waals surface area contributed by atoms with Gasteiger partial charge >= 0.3 is 5.97 Å². The van der Waals surface area contributed by atoms with Crippen LogP contribution in [0.25, 0.3) is 0 Å². The maximum atomic E-state index is 11.0. The maximum absolute atomic E-state index is 11.0. The Bertz CT molecular complexity index is 291. The van der Waals surface area contributed by atoms with E-state index in [1.54, 1.807) is 0 Å². The van der Waals surface area contributed by atoms with Crippen LogP contribution in [0.5, 0.6) is 0 Å². The van der Waals surface area contributed by atoms with Crippen LogP contribution >= 0.6 is 0 Å². The lowest BCUT2D eigenvalue weighted by molar-refractivity contribution is -0.153. The SMILES string of the molecule is COC(=O)C(O)CN1C(=O)C=CC1=O. The largest absolute Gasteiger partial charge is 0.467 e. The van der Waals surface area contributed by atoms with E-state index >= 15 is 0 Å². The molecule has 0 bridgehead atoms. The van der Waals surface area contributed by atoms with E-state index in [-0.39, 0.29) is 6.54 Å². The van der Waals surface area contributed by atoms with Gasteiger partial charge in [0.25, 0.3) is 11.8 Å². The number of hydrogen-bond donors (Lipinski definition) is 1. The van der Waals surface area contributed by atoms with Crippen LogP contribution in [0.2, 0.25) is 0 Å². The summed E-state index contributed by atoms with van der Waals surface area (Å²) in [4.78, 5) is 33.5. The fourth-order valence-electron chi connectivity index (χ4n) is 0.995. The van der Waals surface area contributed by atoms with Gasteiger partial charge in [0, 0.05) is 12.2 Å². The van der Waals surface area contributed by atoms with Gasteiger partial charge in [-0.15, -0.1) is 0 Å². The van der Waals surface area contributed by atoms with Crippen molar-refractivity contribution in [3.63, 3.8) is 0 Å². The number of aliphatic hydroxyl groups is 1. The van der Waals surface area contributed by atoms with Crippen molar-refractivity contribution < 1.29 is 24.2 Å². The lowest BCUT2D eigenvalue weighted by Gasteiger charge is -2.16. The number of esters is 1. The number of ether oxygens (including phenoxy) is 1. The molecule has 6 nitrogen and oxygen atoms in total. The molecule has 1 unspecified atom stereocenters. The number of β-amino-alcohol motifs (C(OH)–C–C–N with tert-alkyl or cyclic N) is 1. The molecule has 0 saturated carbocycles. The second-order valence-corrected chi connectivity index (χ2v) is 2.66. The van der Waals surface area contributed by atoms with Crippen molar-refractivity contribution in [1.82, 2.24) is 4.90 Å². The molecule has 0 aromatic carbocycles. The van der Waals surface area contributed by atoms with E-state index in [0.29, 0.717) is 0 Å². The van der Waals surface area contributed by atoms with Gasteiger partial charge in [-0.25, -0.2) is 4.79 Å². The number of hydrogen-bond acceptors (Lipinski definition) is 5. The van der Waals surface area contributed by atoms with Crippen LogP contribution in [0.15, 0.2) is 12.2 Å². The van der Waals surface area contributed by atoms with Crippen molar-refractivity contribution in [1.29, 1.82) is 0 Å². The zero-order valence-electron chi connectivity index (χ0n) is 7.47. The van der Waals surface area contributed by atoms with Crippen molar-refractivity contribution in [3.8, 4) is 0 Å². The number of rotatable bonds is 3. The zero-order chi connectivity index (χ0) is 10.7. The summed E-state index contributed by atoms with van der Waals surface area (Å²) in [5.41, 5.74) is 0. The molecule has 0 aromatic heterocycles. The van der Waals surface area contributed by atoms with Crippen molar-refractivity contribution in [2.75, 3.05) is 13.7 Å². The molecule has 1 aliphatic heterocycles. The standard InChI is InChI=1S/C8H9NO5/c1-14-8(13)5(10)4-9-6(11)2-3-7(9)12/h2-3,5,10H,4H2,1H3. The lowest BCUT2D eigenvalue weighted by atomic mass is 10.3. The molecule has 1 N–H and O–H groups in total. The van der Waals surface area contributed by atoms with Gasteiger partial charge in [-0.2, -0.15) is 0 Å². The Kier molecular flexibility index (Phi) is 2.98. The Morgan fingerprint density at radius 3 is 2.43 bits per heavy atom. The Labute approximate surface area is 79.8 Å². The predicted molar refractivity (Wildman–Crippen MR) is 43.9 cm³/mol. The third-order valence-corrected chi connectivity index (χ3v) is 1.73. The van der Waals surface area contributed by atoms with Crippen molar-refractivity contribution in [2.45, 2.75) is 6.10 Å². The first kappa shape index (κ1) is 10.4. The smallest absolute Gasteiger partial charge is 0.336 e. The zero-order valence-corrected chi connectivity index (χ0v) is 7.47. The van der Waals surface area contributed by atoms with Gasteiger partial charge in [-0.3, -0.25) is 14.5 Å². The second-order valence-electron chi connectivity index (χ2n) is 2.66. The summed E-state index contributed by atoms with van der Waals surface area (Å²) in [6, 6.07) is 0. The summed E-state index contributed by atoms with van der Waals surface area (Å²) < 4.78 is 4.23. The average Bonchev–Trinajstić information content (AvgIpc) is 2.48. The maximum Gasteiger partial charge on any atom is 0.336 e. The molecule has 0 spiro atoms. The van der Waals surface area contributed by atoms with Crippen LogP contribution in [-0.4, -0.2) is 47.5 Å². The Balaban J connectivity index is 2.57. The first-order chi connectivity index (χ1) is 6.56. The van der Waals surface area contributed by atoms with E-state index in [1.165, 1.54) is 0 Å². The molecule has 76 valence electrons. The summed E-state index contributed by atoms with van der Waals surface area (Å²) in [6.45, 7) is -0.378. The van der Waals surface area contributed by atoms with Gasteiger partial charge in [0.15, 0.2) is 6.10 Å². The van der Waals surface area contributed by atoms with Gasteiger partial charge in [0.1, 0.15) is 0 Å². The Hall–Kier alpha value is -1.69. The van der Waals surface area contributed by atoms with Crippen molar-refractivity contribution in [3.05, 3.63) is 12.2 Å². The molecule has 0 saturated heterocycles. The number of imide groups is 1. The lowest BCUT2D eigenvalue weighted by Crippen LogP contribution is -2.40. The molecule has 1 atom stereocenters. The van der Waals surface area contributed by atoms with Gasteiger partial charge in [-0.1, -0.05) is 0 Å². The molecular formula is C8H9NO5. The quantitative estimate of drug-likeness (QED) is 0.439. The van der Waals surface area contributed by atoms with E-state index in [2.05, 4.69) is 4.74 Å². The van der Waals surface area contributed by atoms with Crippen LogP contribution in [0, 0.1) is 0 Å². The van der Waals surface area contributed by atoms with Crippen LogP contribution < -0.4 is 0 Å². The highest BCUT2D eigenvalue weighted by Crippen LogP contribution is 2.04. The third kappa shape index (κ3) is 1.97. The highest BCUT2D eigenvalue weighted by Gasteiger charge is 2.28. The minimum absolute atomic E-state index is 0.378. The topological polar surface area (TPSA) is 83.9 Å². The van der Waals surface area contributed by atoms with E-state index in [4.69, 9.17) is 5.11 Å². The molecule has 6 heteroatoms. The summed E-state index contributed by atoms with van der Waals surface area (Å²) in [6.07, 6.45) is 0.659. The minimum Gasteiger partial charge on any atom is -0.467 e. The van der Waals surface area contributed by atoms with Gasteiger partial charge in [0.2, 0.25) is 0 Å². The average molecular weight is 199 g/mol. The van der Waals surface area contributed by atoms with E-state index in [0.717, 1.165) is 24.2 Å². The van der Waals surface area contributed by atoms with Crippen molar-refractivity contribution in [2.24, 2.45) is 0 Å². The number of carbonyl (C=O) groups excluding carboxylic acids is 3. The summed E-state index contributed by atoms with van der Waals surface area (Å²) in [5, 5.41) is 9.17. The number of nitrogens with zero attached hydrogens (tertiary/aromatic N) is 1. The molecule has 1 aliphatic rings. The normalized spacial score (nSPS) is 17.4. The number of aliphatic hydroxyl groups excluding tert-OH is 1.